The standard InChI is InChI=1S/C22H29N3O5S2/c26-22(23-7-2-8-24-9-13-29-14-10-24)19-4-1-3-18(17-19)20-5-6-21(31-20)32(27,28)25-11-15-30-16-12-25/h1,3-6,17H,2,7-16H2,(H,23,26). The molecule has 0 aliphatic carbocycles. The topological polar surface area (TPSA) is 88.2 Å². The van der Waals surface area contributed by atoms with Crippen LogP contribution in [-0.2, 0) is 19.5 Å². The van der Waals surface area contributed by atoms with Gasteiger partial charge in [0.2, 0.25) is 0 Å². The summed E-state index contributed by atoms with van der Waals surface area (Å²) in [6.07, 6.45) is 0.888. The van der Waals surface area contributed by atoms with E-state index in [1.165, 1.54) is 15.6 Å². The Balaban J connectivity index is 1.36. The van der Waals surface area contributed by atoms with Crippen molar-refractivity contribution in [2.45, 2.75) is 10.6 Å². The molecular formula is C22H29N3O5S2. The van der Waals surface area contributed by atoms with E-state index in [-0.39, 0.29) is 5.91 Å². The number of nitrogens with zero attached hydrogens (tertiary/aromatic N) is 2. The van der Waals surface area contributed by atoms with Crippen LogP contribution in [0.2, 0.25) is 0 Å². The van der Waals surface area contributed by atoms with Crippen molar-refractivity contribution >= 4 is 27.3 Å². The summed E-state index contributed by atoms with van der Waals surface area (Å²) in [5.74, 6) is -0.119. The molecule has 1 aromatic carbocycles. The first-order chi connectivity index (χ1) is 15.5. The van der Waals surface area contributed by atoms with Gasteiger partial charge >= 0.3 is 0 Å². The molecule has 0 saturated carbocycles. The van der Waals surface area contributed by atoms with Gasteiger partial charge in [-0.1, -0.05) is 12.1 Å². The summed E-state index contributed by atoms with van der Waals surface area (Å²) in [6.45, 7) is 6.57. The molecule has 1 N–H and O–H groups in total. The fraction of sp³-hybridized carbons (Fsp3) is 0.500. The Labute approximate surface area is 193 Å². The lowest BCUT2D eigenvalue weighted by Crippen LogP contribution is -2.40. The Hall–Kier alpha value is -1.82. The molecule has 3 heterocycles. The second-order valence-corrected chi connectivity index (χ2v) is 11.0. The SMILES string of the molecule is O=C(NCCCN1CCOCC1)c1cccc(-c2ccc(S(=O)(=O)N3CCOCC3)s2)c1. The lowest BCUT2D eigenvalue weighted by atomic mass is 10.1. The van der Waals surface area contributed by atoms with E-state index in [9.17, 15) is 13.2 Å². The van der Waals surface area contributed by atoms with Crippen LogP contribution < -0.4 is 5.32 Å². The largest absolute Gasteiger partial charge is 0.379 e. The molecule has 2 aromatic rings. The molecule has 2 fully saturated rings. The minimum Gasteiger partial charge on any atom is -0.379 e. The fourth-order valence-electron chi connectivity index (χ4n) is 3.77. The number of benzene rings is 1. The number of hydrogen-bond donors (Lipinski definition) is 1. The van der Waals surface area contributed by atoms with Crippen LogP contribution in [-0.4, -0.2) is 89.2 Å². The van der Waals surface area contributed by atoms with Crippen molar-refractivity contribution < 1.29 is 22.7 Å². The molecule has 8 nitrogen and oxygen atoms in total. The van der Waals surface area contributed by atoms with E-state index in [1.807, 2.05) is 18.2 Å². The first kappa shape index (κ1) is 23.3. The molecule has 1 amide bonds. The van der Waals surface area contributed by atoms with E-state index in [0.29, 0.717) is 42.6 Å². The van der Waals surface area contributed by atoms with Crippen molar-refractivity contribution in [1.29, 1.82) is 0 Å². The maximum Gasteiger partial charge on any atom is 0.252 e. The quantitative estimate of drug-likeness (QED) is 0.582. The highest BCUT2D eigenvalue weighted by Gasteiger charge is 2.28. The fourth-order valence-corrected chi connectivity index (χ4v) is 6.64. The van der Waals surface area contributed by atoms with E-state index in [2.05, 4.69) is 10.2 Å². The van der Waals surface area contributed by atoms with Gasteiger partial charge in [0.05, 0.1) is 26.4 Å². The van der Waals surface area contributed by atoms with Crippen LogP contribution >= 0.6 is 11.3 Å². The second-order valence-electron chi connectivity index (χ2n) is 7.78. The second kappa shape index (κ2) is 10.9. The highest BCUT2D eigenvalue weighted by Crippen LogP contribution is 2.33. The summed E-state index contributed by atoms with van der Waals surface area (Å²) in [5.41, 5.74) is 1.40. The van der Waals surface area contributed by atoms with Gasteiger partial charge < -0.3 is 14.8 Å². The molecule has 2 saturated heterocycles. The number of carbonyl (C=O) groups is 1. The number of sulfonamides is 1. The number of carbonyl (C=O) groups excluding carboxylic acids is 1. The molecule has 174 valence electrons. The molecule has 0 spiro atoms. The summed E-state index contributed by atoms with van der Waals surface area (Å²) < 4.78 is 38.1. The molecule has 0 radical (unpaired) electrons. The lowest BCUT2D eigenvalue weighted by Gasteiger charge is -2.26. The number of hydrogen-bond acceptors (Lipinski definition) is 7. The number of nitrogens with one attached hydrogen (secondary N) is 1. The van der Waals surface area contributed by atoms with Crippen LogP contribution in [0, 0.1) is 0 Å². The van der Waals surface area contributed by atoms with Crippen LogP contribution in [0.5, 0.6) is 0 Å². The van der Waals surface area contributed by atoms with Gasteiger partial charge in [-0.3, -0.25) is 9.69 Å². The third kappa shape index (κ3) is 5.75. The van der Waals surface area contributed by atoms with Gasteiger partial charge in [-0.2, -0.15) is 4.31 Å². The number of ether oxygens (including phenoxy) is 2. The van der Waals surface area contributed by atoms with E-state index >= 15 is 0 Å². The van der Waals surface area contributed by atoms with E-state index in [1.54, 1.807) is 18.2 Å². The van der Waals surface area contributed by atoms with Crippen LogP contribution in [0.1, 0.15) is 16.8 Å². The predicted molar refractivity (Wildman–Crippen MR) is 124 cm³/mol. The van der Waals surface area contributed by atoms with Gasteiger partial charge in [-0.25, -0.2) is 8.42 Å². The highest BCUT2D eigenvalue weighted by molar-refractivity contribution is 7.91. The maximum absolute atomic E-state index is 12.9. The van der Waals surface area contributed by atoms with Gasteiger partial charge in [0.1, 0.15) is 4.21 Å². The van der Waals surface area contributed by atoms with Crippen molar-refractivity contribution in [3.8, 4) is 10.4 Å². The Morgan fingerprint density at radius 1 is 1.00 bits per heavy atom. The number of rotatable bonds is 8. The first-order valence-electron chi connectivity index (χ1n) is 10.9. The maximum atomic E-state index is 12.9. The average Bonchev–Trinajstić information content (AvgIpc) is 3.34. The van der Waals surface area contributed by atoms with Crippen molar-refractivity contribution in [2.75, 3.05) is 65.7 Å². The van der Waals surface area contributed by atoms with Gasteiger partial charge in [-0.15, -0.1) is 11.3 Å². The third-order valence-electron chi connectivity index (χ3n) is 5.60. The summed E-state index contributed by atoms with van der Waals surface area (Å²) in [4.78, 5) is 15.8. The molecule has 32 heavy (non-hydrogen) atoms. The van der Waals surface area contributed by atoms with Crippen LogP contribution in [0.25, 0.3) is 10.4 Å². The summed E-state index contributed by atoms with van der Waals surface area (Å²) in [6, 6.07) is 10.8. The Kier molecular flexibility index (Phi) is 7.93. The number of amides is 1. The lowest BCUT2D eigenvalue weighted by molar-refractivity contribution is 0.0374. The molecule has 2 aliphatic heterocycles. The summed E-state index contributed by atoms with van der Waals surface area (Å²) in [7, 11) is -3.52. The average molecular weight is 480 g/mol. The Morgan fingerprint density at radius 2 is 1.72 bits per heavy atom. The summed E-state index contributed by atoms with van der Waals surface area (Å²) >= 11 is 1.23. The van der Waals surface area contributed by atoms with Crippen molar-refractivity contribution in [1.82, 2.24) is 14.5 Å². The molecule has 10 heteroatoms. The summed E-state index contributed by atoms with van der Waals surface area (Å²) in [5, 5.41) is 2.98. The van der Waals surface area contributed by atoms with Crippen LogP contribution in [0.15, 0.2) is 40.6 Å². The minimum atomic E-state index is -3.52. The van der Waals surface area contributed by atoms with E-state index < -0.39 is 10.0 Å². The van der Waals surface area contributed by atoms with Gasteiger partial charge in [-0.05, 0) is 42.8 Å². The monoisotopic (exact) mass is 479 g/mol. The zero-order valence-corrected chi connectivity index (χ0v) is 19.6. The highest BCUT2D eigenvalue weighted by atomic mass is 32.2. The molecule has 1 aromatic heterocycles. The molecule has 2 aliphatic rings. The number of morpholine rings is 2. The normalized spacial score (nSPS) is 18.5. The van der Waals surface area contributed by atoms with Crippen LogP contribution in [0.4, 0.5) is 0 Å². The predicted octanol–water partition coefficient (Wildman–Crippen LogP) is 1.89. The zero-order valence-electron chi connectivity index (χ0n) is 18.0. The van der Waals surface area contributed by atoms with Crippen molar-refractivity contribution in [3.05, 3.63) is 42.0 Å². The van der Waals surface area contributed by atoms with Crippen molar-refractivity contribution in [2.24, 2.45) is 0 Å². The van der Waals surface area contributed by atoms with E-state index in [4.69, 9.17) is 9.47 Å². The van der Waals surface area contributed by atoms with Crippen molar-refractivity contribution in [3.63, 3.8) is 0 Å². The first-order valence-corrected chi connectivity index (χ1v) is 13.2. The van der Waals surface area contributed by atoms with E-state index in [0.717, 1.165) is 49.7 Å². The number of thiophene rings is 1. The van der Waals surface area contributed by atoms with Gasteiger partial charge in [0, 0.05) is 43.2 Å². The minimum absolute atomic E-state index is 0.119. The molecule has 0 bridgehead atoms. The molecule has 4 rings (SSSR count). The smallest absolute Gasteiger partial charge is 0.252 e. The third-order valence-corrected chi connectivity index (χ3v) is 9.10. The van der Waals surface area contributed by atoms with Gasteiger partial charge in [0.15, 0.2) is 0 Å². The van der Waals surface area contributed by atoms with Gasteiger partial charge in [0.25, 0.3) is 15.9 Å². The zero-order chi connectivity index (χ0) is 22.4. The Morgan fingerprint density at radius 3 is 2.47 bits per heavy atom. The Bertz CT molecular complexity index is 1010. The molecular weight excluding hydrogens is 450 g/mol. The van der Waals surface area contributed by atoms with Crippen LogP contribution in [0.3, 0.4) is 0 Å². The molecule has 0 atom stereocenters. The molecule has 0 unspecified atom stereocenters.